The molecule has 0 N–H and O–H groups in total. The molecule has 0 radical (unpaired) electrons. The predicted molar refractivity (Wildman–Crippen MR) is 66.4 cm³/mol. The van der Waals surface area contributed by atoms with Crippen LogP contribution in [0.1, 0.15) is 17.8 Å². The minimum Gasteiger partial charge on any atom is -0.384 e. The van der Waals surface area contributed by atoms with Crippen molar-refractivity contribution in [2.24, 2.45) is 0 Å². The van der Waals surface area contributed by atoms with E-state index in [2.05, 4.69) is 20.1 Å². The fourth-order valence-electron chi connectivity index (χ4n) is 2.18. The lowest BCUT2D eigenvalue weighted by molar-refractivity contribution is 0.0790. The van der Waals surface area contributed by atoms with E-state index in [1.54, 1.807) is 7.11 Å². The lowest BCUT2D eigenvalue weighted by Crippen LogP contribution is -2.47. The highest BCUT2D eigenvalue weighted by Gasteiger charge is 2.29. The number of rotatable bonds is 6. The Labute approximate surface area is 111 Å². The zero-order valence-electron chi connectivity index (χ0n) is 10.9. The van der Waals surface area contributed by atoms with E-state index < -0.39 is 0 Å². The van der Waals surface area contributed by atoms with E-state index in [0.29, 0.717) is 37.3 Å². The van der Waals surface area contributed by atoms with Gasteiger partial charge in [-0.3, -0.25) is 9.58 Å². The van der Waals surface area contributed by atoms with Crippen LogP contribution in [-0.4, -0.2) is 51.6 Å². The molecule has 2 aromatic heterocycles. The van der Waals surface area contributed by atoms with Gasteiger partial charge in [-0.15, -0.1) is 0 Å². The van der Waals surface area contributed by atoms with Gasteiger partial charge in [0.05, 0.1) is 19.2 Å². The summed E-state index contributed by atoms with van der Waals surface area (Å²) < 4.78 is 12.2. The lowest BCUT2D eigenvalue weighted by atomic mass is 10.1. The molecule has 0 spiro atoms. The molecule has 1 aliphatic heterocycles. The average Bonchev–Trinajstić information content (AvgIpc) is 3.02. The van der Waals surface area contributed by atoms with Crippen LogP contribution in [0.25, 0.3) is 0 Å². The summed E-state index contributed by atoms with van der Waals surface area (Å²) >= 11 is 0. The third-order valence-electron chi connectivity index (χ3n) is 3.24. The molecule has 1 fully saturated rings. The van der Waals surface area contributed by atoms with Crippen molar-refractivity contribution < 1.29 is 9.26 Å². The van der Waals surface area contributed by atoms with Gasteiger partial charge in [-0.1, -0.05) is 5.16 Å². The first-order chi connectivity index (χ1) is 9.35. The summed E-state index contributed by atoms with van der Waals surface area (Å²) in [5, 5.41) is 8.17. The van der Waals surface area contributed by atoms with Crippen molar-refractivity contribution in [1.29, 1.82) is 0 Å². The van der Waals surface area contributed by atoms with Crippen molar-refractivity contribution in [3.8, 4) is 0 Å². The Bertz CT molecular complexity index is 504. The van der Waals surface area contributed by atoms with Crippen molar-refractivity contribution in [3.05, 3.63) is 30.2 Å². The van der Waals surface area contributed by atoms with Gasteiger partial charge in [-0.25, -0.2) is 0 Å². The van der Waals surface area contributed by atoms with E-state index in [1.165, 1.54) is 0 Å². The number of hydrogen-bond donors (Lipinski definition) is 0. The molecule has 1 aliphatic rings. The van der Waals surface area contributed by atoms with E-state index >= 15 is 0 Å². The smallest absolute Gasteiger partial charge is 0.240 e. The monoisotopic (exact) mass is 263 g/mol. The highest BCUT2D eigenvalue weighted by molar-refractivity contribution is 4.93. The molecule has 3 rings (SSSR count). The molecule has 3 heterocycles. The molecule has 0 amide bonds. The highest BCUT2D eigenvalue weighted by Crippen LogP contribution is 2.21. The molecule has 0 atom stereocenters. The number of nitrogens with zero attached hydrogens (tertiary/aromatic N) is 5. The van der Waals surface area contributed by atoms with Gasteiger partial charge in [-0.05, 0) is 6.07 Å². The van der Waals surface area contributed by atoms with Gasteiger partial charge in [0.2, 0.25) is 5.89 Å². The number of likely N-dealkylation sites (tertiary alicyclic amines) is 1. The number of methoxy groups -OCH3 is 1. The standard InChI is InChI=1S/C12H17N5O2/c1-18-6-3-11-14-12(19-15-11)9-16-7-10(8-16)17-5-2-4-13-17/h2,4-5,10H,3,6-9H2,1H3. The van der Waals surface area contributed by atoms with Crippen LogP contribution in [0, 0.1) is 0 Å². The molecule has 0 unspecified atom stereocenters. The third kappa shape index (κ3) is 2.82. The molecule has 19 heavy (non-hydrogen) atoms. The quantitative estimate of drug-likeness (QED) is 0.756. The summed E-state index contributed by atoms with van der Waals surface area (Å²) in [4.78, 5) is 6.60. The minimum absolute atomic E-state index is 0.464. The van der Waals surface area contributed by atoms with Crippen molar-refractivity contribution in [3.63, 3.8) is 0 Å². The average molecular weight is 263 g/mol. The SMILES string of the molecule is COCCc1noc(CN2CC(n3cccn3)C2)n1. The fraction of sp³-hybridized carbons (Fsp3) is 0.583. The Balaban J connectivity index is 1.47. The van der Waals surface area contributed by atoms with Crippen LogP contribution in [0.15, 0.2) is 23.0 Å². The molecule has 0 aromatic carbocycles. The minimum atomic E-state index is 0.464. The first kappa shape index (κ1) is 12.3. The predicted octanol–water partition coefficient (Wildman–Crippen LogP) is 0.512. The second kappa shape index (κ2) is 5.50. The van der Waals surface area contributed by atoms with Gasteiger partial charge in [0, 0.05) is 39.0 Å². The highest BCUT2D eigenvalue weighted by atomic mass is 16.5. The van der Waals surface area contributed by atoms with Crippen molar-refractivity contribution >= 4 is 0 Å². The van der Waals surface area contributed by atoms with Gasteiger partial charge >= 0.3 is 0 Å². The second-order valence-electron chi connectivity index (χ2n) is 4.68. The number of ether oxygens (including phenoxy) is 1. The molecular formula is C12H17N5O2. The maximum Gasteiger partial charge on any atom is 0.240 e. The molecule has 0 saturated carbocycles. The van der Waals surface area contributed by atoms with Gasteiger partial charge in [0.1, 0.15) is 0 Å². The molecule has 1 saturated heterocycles. The summed E-state index contributed by atoms with van der Waals surface area (Å²) in [6.07, 6.45) is 4.50. The summed E-state index contributed by atoms with van der Waals surface area (Å²) in [5.41, 5.74) is 0. The third-order valence-corrected chi connectivity index (χ3v) is 3.24. The molecule has 0 bridgehead atoms. The topological polar surface area (TPSA) is 69.2 Å². The van der Waals surface area contributed by atoms with Crippen molar-refractivity contribution in [1.82, 2.24) is 24.8 Å². The van der Waals surface area contributed by atoms with Gasteiger partial charge in [0.15, 0.2) is 5.82 Å². The summed E-state index contributed by atoms with van der Waals surface area (Å²) in [5.74, 6) is 1.38. The zero-order valence-corrected chi connectivity index (χ0v) is 10.9. The Hall–Kier alpha value is -1.73. The Kier molecular flexibility index (Phi) is 3.56. The van der Waals surface area contributed by atoms with Crippen LogP contribution < -0.4 is 0 Å². The summed E-state index contributed by atoms with van der Waals surface area (Å²) in [6, 6.07) is 2.41. The zero-order chi connectivity index (χ0) is 13.1. The van der Waals surface area contributed by atoms with Crippen LogP contribution in [0.5, 0.6) is 0 Å². The number of aromatic nitrogens is 4. The van der Waals surface area contributed by atoms with E-state index in [1.807, 2.05) is 23.1 Å². The molecular weight excluding hydrogens is 246 g/mol. The first-order valence-corrected chi connectivity index (χ1v) is 6.37. The Morgan fingerprint density at radius 2 is 2.37 bits per heavy atom. The molecule has 0 aliphatic carbocycles. The Morgan fingerprint density at radius 1 is 1.47 bits per heavy atom. The van der Waals surface area contributed by atoms with Crippen molar-refractivity contribution in [2.45, 2.75) is 19.0 Å². The summed E-state index contributed by atoms with van der Waals surface area (Å²) in [6.45, 7) is 3.26. The molecule has 7 nitrogen and oxygen atoms in total. The van der Waals surface area contributed by atoms with Crippen LogP contribution in [0.3, 0.4) is 0 Å². The normalized spacial score (nSPS) is 16.7. The van der Waals surface area contributed by atoms with Gasteiger partial charge in [0.25, 0.3) is 0 Å². The van der Waals surface area contributed by atoms with Crippen LogP contribution in [0.2, 0.25) is 0 Å². The van der Waals surface area contributed by atoms with Gasteiger partial charge in [-0.2, -0.15) is 10.1 Å². The van der Waals surface area contributed by atoms with Crippen LogP contribution in [0.4, 0.5) is 0 Å². The maximum atomic E-state index is 5.21. The fourth-order valence-corrected chi connectivity index (χ4v) is 2.18. The largest absolute Gasteiger partial charge is 0.384 e. The van der Waals surface area contributed by atoms with Crippen LogP contribution >= 0.6 is 0 Å². The van der Waals surface area contributed by atoms with Crippen LogP contribution in [-0.2, 0) is 17.7 Å². The van der Waals surface area contributed by atoms with E-state index in [0.717, 1.165) is 13.1 Å². The molecule has 2 aromatic rings. The lowest BCUT2D eigenvalue weighted by Gasteiger charge is -2.38. The summed E-state index contributed by atoms with van der Waals surface area (Å²) in [7, 11) is 1.66. The first-order valence-electron chi connectivity index (χ1n) is 6.37. The Morgan fingerprint density at radius 3 is 3.11 bits per heavy atom. The van der Waals surface area contributed by atoms with E-state index in [9.17, 15) is 0 Å². The van der Waals surface area contributed by atoms with Gasteiger partial charge < -0.3 is 9.26 Å². The second-order valence-corrected chi connectivity index (χ2v) is 4.68. The van der Waals surface area contributed by atoms with E-state index in [-0.39, 0.29) is 0 Å². The number of hydrogen-bond acceptors (Lipinski definition) is 6. The van der Waals surface area contributed by atoms with E-state index in [4.69, 9.17) is 9.26 Å². The molecule has 7 heteroatoms. The molecule has 102 valence electrons. The van der Waals surface area contributed by atoms with Crippen molar-refractivity contribution in [2.75, 3.05) is 26.8 Å². The maximum absolute atomic E-state index is 5.21.